The number of hydrogen-bond donors (Lipinski definition) is 2. The van der Waals surface area contributed by atoms with Crippen LogP contribution >= 0.6 is 11.8 Å². The zero-order valence-corrected chi connectivity index (χ0v) is 24.0. The maximum absolute atomic E-state index is 12.8. The van der Waals surface area contributed by atoms with E-state index in [0.29, 0.717) is 31.9 Å². The number of amidine groups is 1. The molecule has 2 aliphatic rings. The Labute approximate surface area is 249 Å². The highest BCUT2D eigenvalue weighted by atomic mass is 32.2. The summed E-state index contributed by atoms with van der Waals surface area (Å²) in [7, 11) is -3.74. The van der Waals surface area contributed by atoms with E-state index in [0.717, 1.165) is 10.7 Å². The van der Waals surface area contributed by atoms with Crippen molar-refractivity contribution < 1.29 is 45.0 Å². The average molecular weight is 649 g/mol. The van der Waals surface area contributed by atoms with E-state index in [-0.39, 0.29) is 29.5 Å². The standard InChI is InChI=1S/C16H19F2N5O4S2.C9H9F2NO2/c17-15(18)27-12-1-3-13(4-2-12)29(25,26)23-9-7-21(8-10-23)16-20-22(11-28-16)6-5-14(19)24;10-9(11)14-8-3-1-7(2-4-8)5-12-6-13/h1-6,15H,7-11H2,(H2,19,24);1-4,6,9H,5H2,(H,12,13)/b6-5-;. The SMILES string of the molecule is NC(=O)/C=C\N1CSC(N2CCN(S(=O)(=O)c3ccc(OC(F)F)cc3)CC2)=N1.O=CNCc1ccc(OC(F)F)cc1. The largest absolute Gasteiger partial charge is 0.435 e. The van der Waals surface area contributed by atoms with Gasteiger partial charge in [0.15, 0.2) is 5.17 Å². The number of benzene rings is 2. The summed E-state index contributed by atoms with van der Waals surface area (Å²) in [4.78, 5) is 22.7. The summed E-state index contributed by atoms with van der Waals surface area (Å²) in [6.07, 6.45) is 3.28. The summed E-state index contributed by atoms with van der Waals surface area (Å²) in [5, 5.41) is 9.14. The molecule has 0 unspecified atom stereocenters. The molecule has 2 heterocycles. The average Bonchev–Trinajstić information content (AvgIpc) is 3.45. The molecule has 0 aromatic heterocycles. The van der Waals surface area contributed by atoms with Gasteiger partial charge in [-0.2, -0.15) is 21.9 Å². The molecule has 1 saturated heterocycles. The summed E-state index contributed by atoms with van der Waals surface area (Å²) in [5.74, 6) is -0.0268. The molecule has 0 radical (unpaired) electrons. The van der Waals surface area contributed by atoms with Crippen LogP contribution in [-0.4, -0.2) is 85.4 Å². The van der Waals surface area contributed by atoms with Gasteiger partial charge in [0.1, 0.15) is 11.5 Å². The van der Waals surface area contributed by atoms with Crippen molar-refractivity contribution in [2.24, 2.45) is 10.8 Å². The van der Waals surface area contributed by atoms with Crippen molar-refractivity contribution in [3.63, 3.8) is 0 Å². The first kappa shape index (κ1) is 33.5. The monoisotopic (exact) mass is 648 g/mol. The van der Waals surface area contributed by atoms with Crippen LogP contribution in [0, 0.1) is 0 Å². The quantitative estimate of drug-likeness (QED) is 0.213. The fourth-order valence-corrected chi connectivity index (χ4v) is 6.03. The Bertz CT molecular complexity index is 1370. The van der Waals surface area contributed by atoms with Gasteiger partial charge in [-0.1, -0.05) is 23.9 Å². The molecule has 2 aromatic carbocycles. The maximum Gasteiger partial charge on any atom is 0.387 e. The van der Waals surface area contributed by atoms with Crippen LogP contribution in [0.4, 0.5) is 17.6 Å². The lowest BCUT2D eigenvalue weighted by atomic mass is 10.2. The number of ether oxygens (including phenoxy) is 2. The van der Waals surface area contributed by atoms with Gasteiger partial charge in [-0.25, -0.2) is 8.42 Å². The van der Waals surface area contributed by atoms with Crippen molar-refractivity contribution in [2.45, 2.75) is 24.7 Å². The smallest absolute Gasteiger partial charge is 0.387 e. The number of carbonyl (C=O) groups is 2. The second kappa shape index (κ2) is 16.0. The molecule has 18 heteroatoms. The highest BCUT2D eigenvalue weighted by Crippen LogP contribution is 2.25. The second-order valence-electron chi connectivity index (χ2n) is 8.58. The zero-order valence-electron chi connectivity index (χ0n) is 22.4. The Morgan fingerprint density at radius 2 is 1.53 bits per heavy atom. The van der Waals surface area contributed by atoms with Gasteiger partial charge in [0, 0.05) is 45.0 Å². The van der Waals surface area contributed by atoms with Crippen LogP contribution in [0.25, 0.3) is 0 Å². The van der Waals surface area contributed by atoms with E-state index < -0.39 is 29.2 Å². The fraction of sp³-hybridized carbons (Fsp3) is 0.320. The van der Waals surface area contributed by atoms with E-state index in [4.69, 9.17) is 5.73 Å². The van der Waals surface area contributed by atoms with Crippen LogP contribution in [-0.2, 0) is 26.2 Å². The van der Waals surface area contributed by atoms with Crippen molar-refractivity contribution in [2.75, 3.05) is 32.1 Å². The van der Waals surface area contributed by atoms with Crippen molar-refractivity contribution in [1.29, 1.82) is 0 Å². The summed E-state index contributed by atoms with van der Waals surface area (Å²) in [6.45, 7) is -3.99. The van der Waals surface area contributed by atoms with E-state index in [1.807, 2.05) is 4.90 Å². The van der Waals surface area contributed by atoms with Crippen LogP contribution < -0.4 is 20.5 Å². The Morgan fingerprint density at radius 3 is 2.05 bits per heavy atom. The van der Waals surface area contributed by atoms with Crippen LogP contribution in [0.15, 0.2) is 70.8 Å². The first-order valence-corrected chi connectivity index (χ1v) is 14.9. The van der Waals surface area contributed by atoms with Crippen molar-refractivity contribution in [1.82, 2.24) is 19.5 Å². The number of hydrogen-bond acceptors (Lipinski definition) is 10. The number of thioether (sulfide) groups is 1. The zero-order chi connectivity index (χ0) is 31.4. The Balaban J connectivity index is 0.000000303. The molecule has 234 valence electrons. The number of hydrazone groups is 1. The molecule has 0 spiro atoms. The number of piperazine rings is 1. The van der Waals surface area contributed by atoms with Gasteiger partial charge in [-0.15, -0.1) is 5.10 Å². The molecule has 2 aromatic rings. The van der Waals surface area contributed by atoms with Gasteiger partial charge in [-0.3, -0.25) is 14.6 Å². The molecule has 3 N–H and O–H groups in total. The molecule has 0 aliphatic carbocycles. The number of nitrogens with one attached hydrogen (secondary N) is 1. The third kappa shape index (κ3) is 10.6. The number of alkyl halides is 4. The number of nitrogens with two attached hydrogens (primary N) is 1. The van der Waals surface area contributed by atoms with E-state index in [2.05, 4.69) is 19.9 Å². The van der Waals surface area contributed by atoms with Gasteiger partial charge in [0.05, 0.1) is 10.8 Å². The number of nitrogens with zero attached hydrogens (tertiary/aromatic N) is 4. The lowest BCUT2D eigenvalue weighted by Gasteiger charge is -2.34. The second-order valence-corrected chi connectivity index (χ2v) is 11.4. The van der Waals surface area contributed by atoms with Crippen molar-refractivity contribution >= 4 is 39.3 Å². The third-order valence-electron chi connectivity index (χ3n) is 5.68. The first-order valence-electron chi connectivity index (χ1n) is 12.4. The molecule has 2 aliphatic heterocycles. The van der Waals surface area contributed by atoms with E-state index >= 15 is 0 Å². The van der Waals surface area contributed by atoms with Crippen LogP contribution in [0.5, 0.6) is 11.5 Å². The van der Waals surface area contributed by atoms with Gasteiger partial charge in [0.25, 0.3) is 0 Å². The van der Waals surface area contributed by atoms with Crippen molar-refractivity contribution in [3.05, 3.63) is 66.4 Å². The fourth-order valence-electron chi connectivity index (χ4n) is 3.69. The highest BCUT2D eigenvalue weighted by molar-refractivity contribution is 8.14. The number of primary amides is 1. The molecule has 0 bridgehead atoms. The van der Waals surface area contributed by atoms with Gasteiger partial charge in [-0.05, 0) is 42.0 Å². The maximum atomic E-state index is 12.8. The number of halogens is 4. The Morgan fingerprint density at radius 1 is 0.977 bits per heavy atom. The third-order valence-corrected chi connectivity index (χ3v) is 8.59. The number of amides is 2. The minimum Gasteiger partial charge on any atom is -0.435 e. The predicted molar refractivity (Wildman–Crippen MR) is 149 cm³/mol. The Hall–Kier alpha value is -4.03. The lowest BCUT2D eigenvalue weighted by molar-refractivity contribution is -0.113. The van der Waals surface area contributed by atoms with Gasteiger partial charge < -0.3 is 25.4 Å². The number of carbonyl (C=O) groups excluding carboxylic acids is 2. The molecular weight excluding hydrogens is 620 g/mol. The summed E-state index contributed by atoms with van der Waals surface area (Å²) in [5.41, 5.74) is 5.88. The normalized spacial score (nSPS) is 15.7. The van der Waals surface area contributed by atoms with E-state index in [9.17, 15) is 35.6 Å². The lowest BCUT2D eigenvalue weighted by Crippen LogP contribution is -2.49. The predicted octanol–water partition coefficient (Wildman–Crippen LogP) is 2.40. The molecule has 0 atom stereocenters. The molecule has 1 fully saturated rings. The van der Waals surface area contributed by atoms with Crippen LogP contribution in [0.1, 0.15) is 5.56 Å². The molecule has 4 rings (SSSR count). The topological polar surface area (TPSA) is 147 Å². The molecule has 2 amide bonds. The van der Waals surface area contributed by atoms with Gasteiger partial charge >= 0.3 is 13.2 Å². The van der Waals surface area contributed by atoms with Crippen LogP contribution in [0.3, 0.4) is 0 Å². The molecule has 12 nitrogen and oxygen atoms in total. The summed E-state index contributed by atoms with van der Waals surface area (Å²) in [6, 6.07) is 11.0. The van der Waals surface area contributed by atoms with Crippen LogP contribution in [0.2, 0.25) is 0 Å². The number of rotatable bonds is 11. The molecular formula is C25H28F4N6O6S2. The minimum atomic E-state index is -3.74. The minimum absolute atomic E-state index is 0.0166. The summed E-state index contributed by atoms with van der Waals surface area (Å²) < 4.78 is 83.2. The highest BCUT2D eigenvalue weighted by Gasteiger charge is 2.31. The van der Waals surface area contributed by atoms with Gasteiger partial charge in [0.2, 0.25) is 22.3 Å². The van der Waals surface area contributed by atoms with E-state index in [1.165, 1.54) is 64.7 Å². The Kier molecular flexibility index (Phi) is 12.4. The first-order chi connectivity index (χ1) is 20.5. The molecule has 0 saturated carbocycles. The number of sulfonamides is 1. The summed E-state index contributed by atoms with van der Waals surface area (Å²) >= 11 is 1.48. The molecule has 43 heavy (non-hydrogen) atoms. The van der Waals surface area contributed by atoms with E-state index in [1.54, 1.807) is 17.1 Å². The van der Waals surface area contributed by atoms with Crippen molar-refractivity contribution in [3.8, 4) is 11.5 Å².